The minimum Gasteiger partial charge on any atom is -0.355 e. The van der Waals surface area contributed by atoms with Gasteiger partial charge < -0.3 is 4.90 Å². The van der Waals surface area contributed by atoms with E-state index >= 15 is 0 Å². The average Bonchev–Trinajstić information content (AvgIpc) is 2.28. The first-order chi connectivity index (χ1) is 7.61. The molecule has 0 fully saturated rings. The van der Waals surface area contributed by atoms with Gasteiger partial charge in [-0.05, 0) is 31.7 Å². The number of hydrogen-bond donors (Lipinski definition) is 0. The molecule has 0 N–H and O–H groups in total. The Balaban J connectivity index is 3.04. The summed E-state index contributed by atoms with van der Waals surface area (Å²) in [6.07, 6.45) is 3.84. The maximum atomic E-state index is 9.14. The zero-order chi connectivity index (χ0) is 12.1. The third kappa shape index (κ3) is 2.67. The summed E-state index contributed by atoms with van der Waals surface area (Å²) in [7, 11) is 1.99. The van der Waals surface area contributed by atoms with Crippen molar-refractivity contribution in [3.63, 3.8) is 0 Å². The molecule has 0 bridgehead atoms. The van der Waals surface area contributed by atoms with E-state index in [0.29, 0.717) is 11.6 Å². The summed E-state index contributed by atoms with van der Waals surface area (Å²) >= 11 is 1.80. The predicted octanol–water partition coefficient (Wildman–Crippen LogP) is 2.45. The van der Waals surface area contributed by atoms with E-state index in [-0.39, 0.29) is 0 Å². The lowest BCUT2D eigenvalue weighted by molar-refractivity contribution is 0.751. The summed E-state index contributed by atoms with van der Waals surface area (Å²) in [5, 5.41) is 9.14. The molecule has 3 nitrogen and oxygen atoms in total. The molecule has 0 aliphatic carbocycles. The van der Waals surface area contributed by atoms with Crippen molar-refractivity contribution in [3.8, 4) is 6.07 Å². The van der Waals surface area contributed by atoms with Gasteiger partial charge in [0.15, 0.2) is 0 Å². The van der Waals surface area contributed by atoms with E-state index in [4.69, 9.17) is 5.26 Å². The molecule has 1 aromatic rings. The zero-order valence-corrected chi connectivity index (χ0v) is 11.0. The summed E-state index contributed by atoms with van der Waals surface area (Å²) in [4.78, 5) is 6.38. The summed E-state index contributed by atoms with van der Waals surface area (Å²) in [5.74, 6) is 1.81. The molecule has 0 spiro atoms. The van der Waals surface area contributed by atoms with Gasteiger partial charge in [-0.25, -0.2) is 4.98 Å². The number of aromatic nitrogens is 1. The monoisotopic (exact) mass is 235 g/mol. The molecule has 0 aromatic carbocycles. The van der Waals surface area contributed by atoms with Gasteiger partial charge in [-0.15, -0.1) is 0 Å². The van der Waals surface area contributed by atoms with Crippen LogP contribution < -0.4 is 4.90 Å². The third-order valence-corrected chi connectivity index (χ3v) is 3.47. The van der Waals surface area contributed by atoms with Crippen LogP contribution in [0.25, 0.3) is 0 Å². The minimum absolute atomic E-state index is 0.372. The van der Waals surface area contributed by atoms with E-state index in [0.717, 1.165) is 17.1 Å². The van der Waals surface area contributed by atoms with Crippen molar-refractivity contribution in [1.82, 2.24) is 4.98 Å². The van der Waals surface area contributed by atoms with Gasteiger partial charge in [-0.2, -0.15) is 17.0 Å². The molecule has 1 aromatic heterocycles. The van der Waals surface area contributed by atoms with Crippen LogP contribution in [0.4, 0.5) is 5.82 Å². The predicted molar refractivity (Wildman–Crippen MR) is 69.9 cm³/mol. The normalized spacial score (nSPS) is 11.9. The number of anilines is 1. The highest BCUT2D eigenvalue weighted by Gasteiger charge is 2.15. The molecule has 16 heavy (non-hydrogen) atoms. The molecule has 0 aliphatic rings. The third-order valence-electron chi connectivity index (χ3n) is 2.65. The molecule has 0 radical (unpaired) electrons. The quantitative estimate of drug-likeness (QED) is 0.803. The first-order valence-electron chi connectivity index (χ1n) is 5.19. The smallest absolute Gasteiger partial charge is 0.146 e. The molecule has 0 amide bonds. The number of pyridine rings is 1. The van der Waals surface area contributed by atoms with Crippen molar-refractivity contribution < 1.29 is 0 Å². The number of rotatable bonds is 4. The zero-order valence-electron chi connectivity index (χ0n) is 10.2. The lowest BCUT2D eigenvalue weighted by atomic mass is 10.1. The van der Waals surface area contributed by atoms with Crippen molar-refractivity contribution in [3.05, 3.63) is 23.4 Å². The lowest BCUT2D eigenvalue weighted by Crippen LogP contribution is -2.32. The topological polar surface area (TPSA) is 39.9 Å². The molecular weight excluding hydrogens is 218 g/mol. The Morgan fingerprint density at radius 2 is 2.31 bits per heavy atom. The second-order valence-electron chi connectivity index (χ2n) is 3.85. The average molecular weight is 235 g/mol. The molecule has 1 atom stereocenters. The molecule has 0 saturated carbocycles. The first-order valence-corrected chi connectivity index (χ1v) is 6.58. The van der Waals surface area contributed by atoms with Crippen molar-refractivity contribution in [2.45, 2.75) is 19.9 Å². The summed E-state index contributed by atoms with van der Waals surface area (Å²) in [6.45, 7) is 4.08. The molecule has 1 unspecified atom stereocenters. The van der Waals surface area contributed by atoms with Crippen LogP contribution >= 0.6 is 11.8 Å². The fraction of sp³-hybridized carbons (Fsp3) is 0.500. The van der Waals surface area contributed by atoms with Gasteiger partial charge in [0, 0.05) is 25.0 Å². The Bertz CT molecular complexity index is 398. The van der Waals surface area contributed by atoms with Crippen LogP contribution in [0.15, 0.2) is 12.3 Å². The molecule has 1 rings (SSSR count). The fourth-order valence-corrected chi connectivity index (χ4v) is 2.22. The summed E-state index contributed by atoms with van der Waals surface area (Å²) < 4.78 is 0. The Kier molecular flexibility index (Phi) is 4.63. The van der Waals surface area contributed by atoms with Crippen molar-refractivity contribution in [1.29, 1.82) is 5.26 Å². The molecule has 4 heteroatoms. The van der Waals surface area contributed by atoms with Crippen molar-refractivity contribution >= 4 is 17.6 Å². The second-order valence-corrected chi connectivity index (χ2v) is 4.76. The van der Waals surface area contributed by atoms with Crippen molar-refractivity contribution in [2.75, 3.05) is 24.0 Å². The van der Waals surface area contributed by atoms with Crippen LogP contribution in [0.1, 0.15) is 18.1 Å². The Morgan fingerprint density at radius 3 is 2.88 bits per heavy atom. The molecular formula is C12H17N3S. The van der Waals surface area contributed by atoms with E-state index in [1.807, 2.05) is 20.0 Å². The second kappa shape index (κ2) is 5.76. The van der Waals surface area contributed by atoms with Gasteiger partial charge in [0.1, 0.15) is 11.9 Å². The van der Waals surface area contributed by atoms with Crippen LogP contribution in [0.5, 0.6) is 0 Å². The minimum atomic E-state index is 0.372. The highest BCUT2D eigenvalue weighted by Crippen LogP contribution is 2.21. The SMILES string of the molecule is CSCC(C)N(C)c1nccc(C)c1C#N. The van der Waals surface area contributed by atoms with E-state index in [1.165, 1.54) is 0 Å². The number of nitriles is 1. The van der Waals surface area contributed by atoms with Gasteiger partial charge >= 0.3 is 0 Å². The number of nitrogens with zero attached hydrogens (tertiary/aromatic N) is 3. The fourth-order valence-electron chi connectivity index (χ4n) is 1.51. The summed E-state index contributed by atoms with van der Waals surface area (Å²) in [5.41, 5.74) is 1.66. The Hall–Kier alpha value is -1.21. The Labute approximate surface area is 101 Å². The number of aryl methyl sites for hydroxylation is 1. The highest BCUT2D eigenvalue weighted by atomic mass is 32.2. The van der Waals surface area contributed by atoms with Crippen LogP contribution in [-0.2, 0) is 0 Å². The van der Waals surface area contributed by atoms with Crippen LogP contribution in [0, 0.1) is 18.3 Å². The number of thioether (sulfide) groups is 1. The van der Waals surface area contributed by atoms with Crippen molar-refractivity contribution in [2.24, 2.45) is 0 Å². The van der Waals surface area contributed by atoms with Gasteiger partial charge in [0.05, 0.1) is 5.56 Å². The molecule has 0 saturated heterocycles. The molecule has 0 aliphatic heterocycles. The molecule has 1 heterocycles. The maximum absolute atomic E-state index is 9.14. The highest BCUT2D eigenvalue weighted by molar-refractivity contribution is 7.98. The van der Waals surface area contributed by atoms with Crippen LogP contribution in [0.3, 0.4) is 0 Å². The number of hydrogen-bond acceptors (Lipinski definition) is 4. The van der Waals surface area contributed by atoms with Gasteiger partial charge in [0.25, 0.3) is 0 Å². The van der Waals surface area contributed by atoms with E-state index in [1.54, 1.807) is 18.0 Å². The van der Waals surface area contributed by atoms with E-state index < -0.39 is 0 Å². The van der Waals surface area contributed by atoms with E-state index in [2.05, 4.69) is 29.1 Å². The van der Waals surface area contributed by atoms with Gasteiger partial charge in [-0.1, -0.05) is 0 Å². The molecule has 86 valence electrons. The van der Waals surface area contributed by atoms with Crippen LogP contribution in [-0.4, -0.2) is 30.1 Å². The Morgan fingerprint density at radius 1 is 1.62 bits per heavy atom. The summed E-state index contributed by atoms with van der Waals surface area (Å²) in [6, 6.07) is 4.47. The van der Waals surface area contributed by atoms with E-state index in [9.17, 15) is 0 Å². The van der Waals surface area contributed by atoms with Crippen LogP contribution in [0.2, 0.25) is 0 Å². The first kappa shape index (κ1) is 12.9. The maximum Gasteiger partial charge on any atom is 0.146 e. The standard InChI is InChI=1S/C12H17N3S/c1-9-5-6-14-12(11(9)7-13)15(3)10(2)8-16-4/h5-6,10H,8H2,1-4H3. The van der Waals surface area contributed by atoms with Gasteiger partial charge in [0.2, 0.25) is 0 Å². The largest absolute Gasteiger partial charge is 0.355 e. The van der Waals surface area contributed by atoms with Gasteiger partial charge in [-0.3, -0.25) is 0 Å². The lowest BCUT2D eigenvalue weighted by Gasteiger charge is -2.26.